The number of aromatic nitrogens is 2. The van der Waals surface area contributed by atoms with Gasteiger partial charge in [0.2, 0.25) is 0 Å². The smallest absolute Gasteiger partial charge is 0.188 e. The number of hydrogen-bond acceptors (Lipinski definition) is 2. The fraction of sp³-hybridized carbons (Fsp3) is 0.429. The van der Waals surface area contributed by atoms with Crippen molar-refractivity contribution < 1.29 is 0 Å². The Labute approximate surface area is 136 Å². The van der Waals surface area contributed by atoms with Crippen molar-refractivity contribution in [1.82, 2.24) is 15.3 Å². The van der Waals surface area contributed by atoms with E-state index in [1.165, 1.54) is 0 Å². The molecule has 4 N–H and O–H groups in total. The van der Waals surface area contributed by atoms with Gasteiger partial charge >= 0.3 is 0 Å². The molecule has 110 valence electrons. The van der Waals surface area contributed by atoms with Crippen LogP contribution in [0, 0.1) is 0 Å². The maximum Gasteiger partial charge on any atom is 0.188 e. The van der Waals surface area contributed by atoms with E-state index in [0.29, 0.717) is 5.96 Å². The van der Waals surface area contributed by atoms with Crippen LogP contribution in [0.5, 0.6) is 0 Å². The minimum absolute atomic E-state index is 0. The second kappa shape index (κ2) is 8.78. The Kier molecular flexibility index (Phi) is 7.35. The molecule has 0 saturated carbocycles. The first-order chi connectivity index (χ1) is 9.29. The van der Waals surface area contributed by atoms with Gasteiger partial charge in [0, 0.05) is 19.5 Å². The highest BCUT2D eigenvalue weighted by molar-refractivity contribution is 14.0. The van der Waals surface area contributed by atoms with E-state index in [4.69, 9.17) is 5.73 Å². The van der Waals surface area contributed by atoms with E-state index >= 15 is 0 Å². The van der Waals surface area contributed by atoms with Gasteiger partial charge < -0.3 is 16.0 Å². The third-order valence-electron chi connectivity index (χ3n) is 2.90. The van der Waals surface area contributed by atoms with Crippen LogP contribution < -0.4 is 11.1 Å². The minimum Gasteiger partial charge on any atom is -0.370 e. The van der Waals surface area contributed by atoms with Crippen LogP contribution >= 0.6 is 24.0 Å². The first-order valence-corrected chi connectivity index (χ1v) is 6.77. The van der Waals surface area contributed by atoms with Gasteiger partial charge in [-0.25, -0.2) is 4.98 Å². The Morgan fingerprint density at radius 2 is 2.20 bits per heavy atom. The van der Waals surface area contributed by atoms with Crippen molar-refractivity contribution in [1.29, 1.82) is 0 Å². The van der Waals surface area contributed by atoms with Gasteiger partial charge in [-0.05, 0) is 18.6 Å². The zero-order valence-corrected chi connectivity index (χ0v) is 14.1. The van der Waals surface area contributed by atoms with Crippen LogP contribution in [0.4, 0.5) is 0 Å². The number of guanidine groups is 1. The highest BCUT2D eigenvalue weighted by atomic mass is 127. The van der Waals surface area contributed by atoms with Crippen LogP contribution in [-0.4, -0.2) is 29.0 Å². The van der Waals surface area contributed by atoms with E-state index in [-0.39, 0.29) is 24.0 Å². The normalized spacial score (nSPS) is 11.3. The Morgan fingerprint density at radius 1 is 1.40 bits per heavy atom. The van der Waals surface area contributed by atoms with E-state index in [1.807, 2.05) is 24.3 Å². The third-order valence-corrected chi connectivity index (χ3v) is 2.90. The summed E-state index contributed by atoms with van der Waals surface area (Å²) in [4.78, 5) is 12.0. The topological polar surface area (TPSA) is 79.1 Å². The Morgan fingerprint density at radius 3 is 2.95 bits per heavy atom. The summed E-state index contributed by atoms with van der Waals surface area (Å²) < 4.78 is 0. The monoisotopic (exact) mass is 387 g/mol. The maximum absolute atomic E-state index is 5.76. The van der Waals surface area contributed by atoms with Gasteiger partial charge in [0.1, 0.15) is 5.82 Å². The number of nitrogens with two attached hydrogens (primary N) is 1. The standard InChI is InChI=1S/C14H21N5.HI/c1-2-3-9-16-14(15)17-10-8-13-18-11-6-4-5-7-12(11)19-13;/h4-7H,2-3,8-10H2,1H3,(H,18,19)(H3,15,16,17);1H. The van der Waals surface area contributed by atoms with Crippen LogP contribution in [0.3, 0.4) is 0 Å². The molecule has 2 aromatic rings. The van der Waals surface area contributed by atoms with Gasteiger partial charge in [-0.1, -0.05) is 25.5 Å². The predicted octanol–water partition coefficient (Wildman–Crippen LogP) is 2.43. The molecular weight excluding hydrogens is 365 g/mol. The number of hydrogen-bond donors (Lipinski definition) is 3. The number of nitrogens with one attached hydrogen (secondary N) is 2. The molecule has 0 bridgehead atoms. The highest BCUT2D eigenvalue weighted by Gasteiger charge is 2.01. The van der Waals surface area contributed by atoms with Crippen LogP contribution in [-0.2, 0) is 6.42 Å². The molecule has 0 radical (unpaired) electrons. The van der Waals surface area contributed by atoms with E-state index in [2.05, 4.69) is 27.2 Å². The molecule has 0 aliphatic heterocycles. The van der Waals surface area contributed by atoms with Crippen molar-refractivity contribution in [3.05, 3.63) is 30.1 Å². The number of imidazole rings is 1. The van der Waals surface area contributed by atoms with Gasteiger partial charge in [0.15, 0.2) is 5.96 Å². The molecule has 0 atom stereocenters. The number of aromatic amines is 1. The summed E-state index contributed by atoms with van der Waals surface area (Å²) >= 11 is 0. The molecule has 1 aromatic carbocycles. The lowest BCUT2D eigenvalue weighted by molar-refractivity contribution is 0.783. The first-order valence-electron chi connectivity index (χ1n) is 6.77. The minimum atomic E-state index is 0. The number of H-pyrrole nitrogens is 1. The molecule has 0 aliphatic rings. The lowest BCUT2D eigenvalue weighted by Crippen LogP contribution is -2.33. The molecule has 1 aromatic heterocycles. The molecule has 2 rings (SSSR count). The summed E-state index contributed by atoms with van der Waals surface area (Å²) in [5, 5.41) is 3.10. The number of para-hydroxylation sites is 2. The Balaban J connectivity index is 0.00000200. The van der Waals surface area contributed by atoms with E-state index < -0.39 is 0 Å². The lowest BCUT2D eigenvalue weighted by atomic mass is 10.3. The quantitative estimate of drug-likeness (QED) is 0.308. The zero-order chi connectivity index (χ0) is 13.5. The van der Waals surface area contributed by atoms with Crippen molar-refractivity contribution in [2.24, 2.45) is 10.7 Å². The molecule has 0 amide bonds. The summed E-state index contributed by atoms with van der Waals surface area (Å²) in [7, 11) is 0. The van der Waals surface area contributed by atoms with E-state index in [9.17, 15) is 0 Å². The summed E-state index contributed by atoms with van der Waals surface area (Å²) in [6.45, 7) is 3.67. The average Bonchev–Trinajstić information content (AvgIpc) is 2.81. The maximum atomic E-state index is 5.76. The van der Waals surface area contributed by atoms with Gasteiger partial charge in [0.25, 0.3) is 0 Å². The number of nitrogens with zero attached hydrogens (tertiary/aromatic N) is 2. The largest absolute Gasteiger partial charge is 0.370 e. The van der Waals surface area contributed by atoms with Crippen LogP contribution in [0.25, 0.3) is 11.0 Å². The Bertz CT molecular complexity index is 516. The molecular formula is C14H22IN5. The van der Waals surface area contributed by atoms with Crippen LogP contribution in [0.1, 0.15) is 25.6 Å². The van der Waals surface area contributed by atoms with Crippen molar-refractivity contribution >= 4 is 41.0 Å². The van der Waals surface area contributed by atoms with Crippen molar-refractivity contribution in [2.45, 2.75) is 26.2 Å². The number of halogens is 1. The van der Waals surface area contributed by atoms with Crippen molar-refractivity contribution in [3.8, 4) is 0 Å². The number of benzene rings is 1. The molecule has 0 saturated heterocycles. The molecule has 0 fully saturated rings. The van der Waals surface area contributed by atoms with E-state index in [0.717, 1.165) is 49.2 Å². The number of unbranched alkanes of at least 4 members (excludes halogenated alkanes) is 1. The van der Waals surface area contributed by atoms with Gasteiger partial charge in [-0.15, -0.1) is 24.0 Å². The van der Waals surface area contributed by atoms with Gasteiger partial charge in [-0.2, -0.15) is 0 Å². The highest BCUT2D eigenvalue weighted by Crippen LogP contribution is 2.10. The van der Waals surface area contributed by atoms with Crippen LogP contribution in [0.2, 0.25) is 0 Å². The summed E-state index contributed by atoms with van der Waals surface area (Å²) in [6, 6.07) is 8.02. The van der Waals surface area contributed by atoms with Gasteiger partial charge in [0.05, 0.1) is 11.0 Å². The predicted molar refractivity (Wildman–Crippen MR) is 94.6 cm³/mol. The van der Waals surface area contributed by atoms with Crippen molar-refractivity contribution in [2.75, 3.05) is 13.1 Å². The molecule has 5 nitrogen and oxygen atoms in total. The summed E-state index contributed by atoms with van der Waals surface area (Å²) in [6.07, 6.45) is 3.01. The van der Waals surface area contributed by atoms with Gasteiger partial charge in [-0.3, -0.25) is 4.99 Å². The molecule has 6 heteroatoms. The molecule has 0 spiro atoms. The zero-order valence-electron chi connectivity index (χ0n) is 11.7. The van der Waals surface area contributed by atoms with Crippen molar-refractivity contribution in [3.63, 3.8) is 0 Å². The number of rotatable bonds is 6. The number of fused-ring (bicyclic) bond motifs is 1. The van der Waals surface area contributed by atoms with E-state index in [1.54, 1.807) is 0 Å². The fourth-order valence-electron chi connectivity index (χ4n) is 1.85. The molecule has 1 heterocycles. The second-order valence-electron chi connectivity index (χ2n) is 4.50. The third kappa shape index (κ3) is 4.99. The van der Waals surface area contributed by atoms with Crippen LogP contribution in [0.15, 0.2) is 29.3 Å². The molecule has 20 heavy (non-hydrogen) atoms. The molecule has 0 aliphatic carbocycles. The average molecular weight is 387 g/mol. The lowest BCUT2D eigenvalue weighted by Gasteiger charge is -2.03. The summed E-state index contributed by atoms with van der Waals surface area (Å²) in [5.74, 6) is 1.49. The molecule has 0 unspecified atom stereocenters. The second-order valence-corrected chi connectivity index (χ2v) is 4.50. The first kappa shape index (κ1) is 16.7. The fourth-order valence-corrected chi connectivity index (χ4v) is 1.85. The Hall–Kier alpha value is -1.31. The summed E-state index contributed by atoms with van der Waals surface area (Å²) in [5.41, 5.74) is 7.84. The number of aliphatic imine (C=N–C) groups is 1. The SMILES string of the molecule is CCCCN=C(N)NCCc1nc2ccccc2[nH]1.I.